The lowest BCUT2D eigenvalue weighted by atomic mass is 9.73. The molecule has 13 heteroatoms. The number of aliphatic hydroxyl groups is 1. The lowest BCUT2D eigenvalue weighted by Crippen LogP contribution is -2.52. The second-order valence-corrected chi connectivity index (χ2v) is 13.3. The molecule has 2 aliphatic carbocycles. The van der Waals surface area contributed by atoms with Crippen LogP contribution in [0.4, 0.5) is 18.9 Å². The van der Waals surface area contributed by atoms with Gasteiger partial charge in [-0.3, -0.25) is 4.79 Å². The van der Waals surface area contributed by atoms with Gasteiger partial charge in [-0.15, -0.1) is 0 Å². The second-order valence-electron chi connectivity index (χ2n) is 10.7. The number of hydrogen-bond donors (Lipinski definition) is 2. The minimum Gasteiger partial charge on any atom is -0.387 e. The maximum absolute atomic E-state index is 13.8. The Morgan fingerprint density at radius 1 is 1.05 bits per heavy atom. The number of amides is 1. The molecule has 5 atom stereocenters. The molecular weight excluding hydrogens is 587 g/mol. The van der Waals surface area contributed by atoms with E-state index in [0.29, 0.717) is 38.4 Å². The van der Waals surface area contributed by atoms with Gasteiger partial charge < -0.3 is 24.6 Å². The number of benzene rings is 2. The fourth-order valence-electron chi connectivity index (χ4n) is 6.00. The third kappa shape index (κ3) is 6.73. The Balaban J connectivity index is 1.47. The zero-order valence-electron chi connectivity index (χ0n) is 22.7. The molecule has 2 aliphatic rings. The molecule has 0 saturated heterocycles. The monoisotopic (exact) mass is 619 g/mol. The van der Waals surface area contributed by atoms with Crippen LogP contribution >= 0.6 is 11.6 Å². The summed E-state index contributed by atoms with van der Waals surface area (Å²) < 4.78 is 84.0. The molecule has 226 valence electrons. The molecule has 0 aliphatic heterocycles. The Kier molecular flexibility index (Phi) is 10.0. The van der Waals surface area contributed by atoms with E-state index in [1.807, 2.05) is 6.92 Å². The van der Waals surface area contributed by atoms with Crippen molar-refractivity contribution in [2.24, 2.45) is 17.8 Å². The molecule has 8 nitrogen and oxygen atoms in total. The highest BCUT2D eigenvalue weighted by atomic mass is 35.5. The van der Waals surface area contributed by atoms with Crippen molar-refractivity contribution in [3.05, 3.63) is 58.4 Å². The van der Waals surface area contributed by atoms with E-state index in [1.54, 1.807) is 7.11 Å². The minimum atomic E-state index is -4.04. The predicted molar refractivity (Wildman–Crippen MR) is 145 cm³/mol. The number of methoxy groups -OCH3 is 1. The van der Waals surface area contributed by atoms with Crippen molar-refractivity contribution in [1.29, 1.82) is 0 Å². The Morgan fingerprint density at radius 3 is 2.37 bits per heavy atom. The van der Waals surface area contributed by atoms with Gasteiger partial charge in [0.1, 0.15) is 0 Å². The van der Waals surface area contributed by atoms with Gasteiger partial charge >= 0.3 is 0 Å². The fraction of sp³-hybridized carbons (Fsp3) is 0.536. The predicted octanol–water partition coefficient (Wildman–Crippen LogP) is 4.63. The third-order valence-corrected chi connectivity index (χ3v) is 10.7. The second kappa shape index (κ2) is 13.0. The molecule has 2 aromatic rings. The molecule has 0 spiro atoms. The quantitative estimate of drug-likeness (QED) is 0.263. The van der Waals surface area contributed by atoms with Crippen LogP contribution in [0, 0.1) is 35.2 Å². The summed E-state index contributed by atoms with van der Waals surface area (Å²) in [6, 6.07) is 4.87. The van der Waals surface area contributed by atoms with Crippen LogP contribution in [0.15, 0.2) is 35.2 Å². The summed E-state index contributed by atoms with van der Waals surface area (Å²) in [5.74, 6) is -6.09. The maximum Gasteiger partial charge on any atom is 0.255 e. The van der Waals surface area contributed by atoms with Crippen LogP contribution in [0.3, 0.4) is 0 Å². The summed E-state index contributed by atoms with van der Waals surface area (Å²) in [6.07, 6.45) is 1.02. The van der Waals surface area contributed by atoms with Crippen LogP contribution < -0.4 is 5.32 Å². The molecule has 0 radical (unpaired) electrons. The SMILES string of the molecule is COCCOCCOC[C@@]1(O)C2C[C@@H](S(=O)(=O)c3cc(C(=O)Nc4cc(F)c(F)c(F)c4)ccc3Cl)C[C@@H]1[C@H](C)C2. The summed E-state index contributed by atoms with van der Waals surface area (Å²) in [5.41, 5.74) is -1.64. The Morgan fingerprint density at radius 2 is 1.71 bits per heavy atom. The summed E-state index contributed by atoms with van der Waals surface area (Å²) in [4.78, 5) is 12.5. The molecular formula is C28H33ClF3NO7S. The van der Waals surface area contributed by atoms with E-state index in [-0.39, 0.29) is 65.0 Å². The molecule has 2 fully saturated rings. The van der Waals surface area contributed by atoms with Gasteiger partial charge in [0.05, 0.1) is 53.8 Å². The van der Waals surface area contributed by atoms with E-state index in [2.05, 4.69) is 5.32 Å². The highest BCUT2D eigenvalue weighted by molar-refractivity contribution is 7.92. The number of anilines is 1. The Labute approximate surface area is 242 Å². The van der Waals surface area contributed by atoms with Crippen molar-refractivity contribution in [2.45, 2.75) is 41.9 Å². The number of carbonyl (C=O) groups excluding carboxylic acids is 1. The van der Waals surface area contributed by atoms with Crippen molar-refractivity contribution in [3.8, 4) is 0 Å². The standard InChI is InChI=1S/C28H33ClF3NO7S/c1-16-9-18-11-20(14-21(16)28(18,35)15-40-8-7-39-6-5-38-2)41(36,37)25-10-17(3-4-22(25)29)27(34)33-19-12-23(30)26(32)24(31)13-19/h3-4,10,12-13,16,18,20-21,35H,5-9,11,14-15H2,1-2H3,(H,33,34)/t16-,18?,20-,21-,28-/m1/s1. The van der Waals surface area contributed by atoms with E-state index in [0.717, 1.165) is 6.07 Å². The first-order valence-corrected chi connectivity index (χ1v) is 15.2. The number of nitrogens with one attached hydrogen (secondary N) is 1. The highest BCUT2D eigenvalue weighted by Crippen LogP contribution is 2.54. The van der Waals surface area contributed by atoms with Crippen LogP contribution in [0.2, 0.25) is 5.02 Å². The highest BCUT2D eigenvalue weighted by Gasteiger charge is 2.58. The fourth-order valence-corrected chi connectivity index (χ4v) is 8.37. The summed E-state index contributed by atoms with van der Waals surface area (Å²) in [7, 11) is -2.47. The number of hydrogen-bond acceptors (Lipinski definition) is 7. The normalized spacial score (nSPS) is 25.8. The lowest BCUT2D eigenvalue weighted by molar-refractivity contribution is -0.122. The first-order valence-electron chi connectivity index (χ1n) is 13.2. The largest absolute Gasteiger partial charge is 0.387 e. The summed E-state index contributed by atoms with van der Waals surface area (Å²) in [5, 5.41) is 12.9. The molecule has 2 bridgehead atoms. The van der Waals surface area contributed by atoms with E-state index >= 15 is 0 Å². The van der Waals surface area contributed by atoms with Crippen molar-refractivity contribution < 1.29 is 45.7 Å². The van der Waals surface area contributed by atoms with Gasteiger partial charge in [-0.2, -0.15) is 0 Å². The van der Waals surface area contributed by atoms with Gasteiger partial charge in [-0.25, -0.2) is 21.6 Å². The van der Waals surface area contributed by atoms with Crippen LogP contribution in [-0.4, -0.2) is 70.4 Å². The van der Waals surface area contributed by atoms with Crippen molar-refractivity contribution in [3.63, 3.8) is 0 Å². The van der Waals surface area contributed by atoms with E-state index < -0.39 is 44.0 Å². The van der Waals surface area contributed by atoms with Crippen molar-refractivity contribution in [1.82, 2.24) is 0 Å². The summed E-state index contributed by atoms with van der Waals surface area (Å²) in [6.45, 7) is 3.57. The Bertz CT molecular complexity index is 1360. The molecule has 1 amide bonds. The van der Waals surface area contributed by atoms with Crippen LogP contribution in [0.5, 0.6) is 0 Å². The third-order valence-electron chi connectivity index (χ3n) is 8.07. The van der Waals surface area contributed by atoms with E-state index in [1.165, 1.54) is 12.1 Å². The Hall–Kier alpha value is -2.22. The van der Waals surface area contributed by atoms with E-state index in [4.69, 9.17) is 25.8 Å². The van der Waals surface area contributed by atoms with Crippen LogP contribution in [-0.2, 0) is 24.0 Å². The average Bonchev–Trinajstić information content (AvgIpc) is 3.03. The summed E-state index contributed by atoms with van der Waals surface area (Å²) >= 11 is 6.29. The van der Waals surface area contributed by atoms with Crippen LogP contribution in [0.1, 0.15) is 36.5 Å². The number of ether oxygens (including phenoxy) is 3. The number of fused-ring (bicyclic) bond motifs is 2. The van der Waals surface area contributed by atoms with Gasteiger partial charge in [0.2, 0.25) is 0 Å². The lowest BCUT2D eigenvalue weighted by Gasteiger charge is -2.42. The molecule has 0 aromatic heterocycles. The number of sulfone groups is 1. The van der Waals surface area contributed by atoms with Gasteiger partial charge in [0, 0.05) is 30.5 Å². The number of rotatable bonds is 12. The molecule has 41 heavy (non-hydrogen) atoms. The number of carbonyl (C=O) groups is 1. The van der Waals surface area contributed by atoms with Gasteiger partial charge in [-0.1, -0.05) is 18.5 Å². The number of halogens is 4. The average molecular weight is 620 g/mol. The molecule has 4 rings (SSSR count). The van der Waals surface area contributed by atoms with Gasteiger partial charge in [0.15, 0.2) is 27.3 Å². The minimum absolute atomic E-state index is 0.0636. The first kappa shape index (κ1) is 31.7. The molecule has 0 heterocycles. The molecule has 2 N–H and O–H groups in total. The zero-order valence-corrected chi connectivity index (χ0v) is 24.2. The van der Waals surface area contributed by atoms with Crippen molar-refractivity contribution in [2.75, 3.05) is 45.5 Å². The maximum atomic E-state index is 13.8. The van der Waals surface area contributed by atoms with Crippen LogP contribution in [0.25, 0.3) is 0 Å². The van der Waals surface area contributed by atoms with Crippen molar-refractivity contribution >= 4 is 33.0 Å². The molecule has 2 aromatic carbocycles. The van der Waals surface area contributed by atoms with Gasteiger partial charge in [0.25, 0.3) is 5.91 Å². The van der Waals surface area contributed by atoms with Gasteiger partial charge in [-0.05, 0) is 55.2 Å². The van der Waals surface area contributed by atoms with E-state index in [9.17, 15) is 31.5 Å². The molecule has 1 unspecified atom stereocenters. The topological polar surface area (TPSA) is 111 Å². The molecule has 2 saturated carbocycles. The zero-order chi connectivity index (χ0) is 29.9. The first-order chi connectivity index (χ1) is 19.4. The smallest absolute Gasteiger partial charge is 0.255 e.